The SMILES string of the molecule is Cc1ncn(CC(=O)Nc2nc3ccc(N)cc3s2)c1C. The number of fused-ring (bicyclic) bond motifs is 1. The van der Waals surface area contributed by atoms with Gasteiger partial charge in [-0.3, -0.25) is 4.79 Å². The molecule has 2 aromatic heterocycles. The molecule has 21 heavy (non-hydrogen) atoms. The van der Waals surface area contributed by atoms with Crippen LogP contribution in [0, 0.1) is 13.8 Å². The highest BCUT2D eigenvalue weighted by molar-refractivity contribution is 7.22. The third-order valence-electron chi connectivity index (χ3n) is 3.32. The predicted octanol–water partition coefficient (Wildman–Crippen LogP) is 2.33. The number of nitrogens with one attached hydrogen (secondary N) is 1. The summed E-state index contributed by atoms with van der Waals surface area (Å²) in [6.07, 6.45) is 1.67. The molecule has 0 aliphatic heterocycles. The van der Waals surface area contributed by atoms with Gasteiger partial charge >= 0.3 is 0 Å². The summed E-state index contributed by atoms with van der Waals surface area (Å²) in [7, 11) is 0. The molecule has 0 saturated heterocycles. The van der Waals surface area contributed by atoms with Crippen LogP contribution >= 0.6 is 11.3 Å². The molecule has 0 atom stereocenters. The summed E-state index contributed by atoms with van der Waals surface area (Å²) in [5, 5.41) is 3.39. The molecule has 3 rings (SSSR count). The standard InChI is InChI=1S/C14H15N5OS/c1-8-9(2)19(7-16-8)6-13(20)18-14-17-11-4-3-10(15)5-12(11)21-14/h3-5,7H,6,15H2,1-2H3,(H,17,18,20). The van der Waals surface area contributed by atoms with Crippen LogP contribution in [0.25, 0.3) is 10.2 Å². The molecule has 2 heterocycles. The Labute approximate surface area is 125 Å². The number of nitrogens with zero attached hydrogens (tertiary/aromatic N) is 3. The van der Waals surface area contributed by atoms with Crippen LogP contribution in [0.15, 0.2) is 24.5 Å². The van der Waals surface area contributed by atoms with Gasteiger partial charge in [-0.1, -0.05) is 11.3 Å². The van der Waals surface area contributed by atoms with E-state index >= 15 is 0 Å². The first-order valence-electron chi connectivity index (χ1n) is 6.47. The molecule has 0 saturated carbocycles. The number of hydrogen-bond acceptors (Lipinski definition) is 5. The van der Waals surface area contributed by atoms with Crippen LogP contribution in [0.1, 0.15) is 11.4 Å². The highest BCUT2D eigenvalue weighted by atomic mass is 32.1. The number of aryl methyl sites for hydroxylation is 1. The summed E-state index contributed by atoms with van der Waals surface area (Å²) in [6, 6.07) is 5.50. The first-order valence-corrected chi connectivity index (χ1v) is 7.29. The van der Waals surface area contributed by atoms with E-state index < -0.39 is 0 Å². The first-order chi connectivity index (χ1) is 10.0. The number of aromatic nitrogens is 3. The van der Waals surface area contributed by atoms with Gasteiger partial charge in [0, 0.05) is 11.4 Å². The van der Waals surface area contributed by atoms with Crippen molar-refractivity contribution in [1.82, 2.24) is 14.5 Å². The summed E-state index contributed by atoms with van der Waals surface area (Å²) in [5.74, 6) is -0.123. The molecule has 0 bridgehead atoms. The second-order valence-electron chi connectivity index (χ2n) is 4.84. The number of benzene rings is 1. The van der Waals surface area contributed by atoms with Crippen LogP contribution < -0.4 is 11.1 Å². The zero-order valence-electron chi connectivity index (χ0n) is 11.8. The van der Waals surface area contributed by atoms with Crippen LogP contribution in [-0.4, -0.2) is 20.4 Å². The maximum atomic E-state index is 12.1. The number of thiazole rings is 1. The van der Waals surface area contributed by atoms with Crippen molar-refractivity contribution in [2.75, 3.05) is 11.1 Å². The van der Waals surface area contributed by atoms with Crippen LogP contribution in [0.4, 0.5) is 10.8 Å². The summed E-state index contributed by atoms with van der Waals surface area (Å²) in [6.45, 7) is 4.09. The smallest absolute Gasteiger partial charge is 0.246 e. The summed E-state index contributed by atoms with van der Waals surface area (Å²) >= 11 is 1.41. The molecule has 6 nitrogen and oxygen atoms in total. The normalized spacial score (nSPS) is 11.0. The summed E-state index contributed by atoms with van der Waals surface area (Å²) in [4.78, 5) is 20.6. The lowest BCUT2D eigenvalue weighted by Gasteiger charge is -2.04. The van der Waals surface area contributed by atoms with Gasteiger partial charge in [-0.15, -0.1) is 0 Å². The molecule has 108 valence electrons. The van der Waals surface area contributed by atoms with Gasteiger partial charge in [-0.2, -0.15) is 0 Å². The van der Waals surface area contributed by atoms with E-state index in [0.717, 1.165) is 21.6 Å². The Morgan fingerprint density at radius 2 is 2.24 bits per heavy atom. The van der Waals surface area contributed by atoms with E-state index in [-0.39, 0.29) is 12.5 Å². The maximum Gasteiger partial charge on any atom is 0.246 e. The third-order valence-corrected chi connectivity index (χ3v) is 4.25. The van der Waals surface area contributed by atoms with Crippen molar-refractivity contribution >= 4 is 38.3 Å². The van der Waals surface area contributed by atoms with Crippen molar-refractivity contribution in [1.29, 1.82) is 0 Å². The Hall–Kier alpha value is -2.41. The molecule has 7 heteroatoms. The minimum absolute atomic E-state index is 0.123. The molecule has 0 aliphatic carbocycles. The highest BCUT2D eigenvalue weighted by Crippen LogP contribution is 2.27. The van der Waals surface area contributed by atoms with Crippen molar-refractivity contribution < 1.29 is 4.79 Å². The van der Waals surface area contributed by atoms with E-state index in [4.69, 9.17) is 5.73 Å². The Morgan fingerprint density at radius 3 is 2.95 bits per heavy atom. The quantitative estimate of drug-likeness (QED) is 0.727. The van der Waals surface area contributed by atoms with Gasteiger partial charge < -0.3 is 15.6 Å². The lowest BCUT2D eigenvalue weighted by Crippen LogP contribution is -2.18. The average molecular weight is 301 g/mol. The number of carbonyl (C=O) groups is 1. The van der Waals surface area contributed by atoms with E-state index in [0.29, 0.717) is 10.8 Å². The van der Waals surface area contributed by atoms with Crippen molar-refractivity contribution in [3.63, 3.8) is 0 Å². The molecule has 3 N–H and O–H groups in total. The number of amides is 1. The van der Waals surface area contributed by atoms with E-state index in [2.05, 4.69) is 15.3 Å². The van der Waals surface area contributed by atoms with Crippen molar-refractivity contribution in [2.45, 2.75) is 20.4 Å². The van der Waals surface area contributed by atoms with Gasteiger partial charge in [0.05, 0.1) is 22.2 Å². The first kappa shape index (κ1) is 13.6. The summed E-state index contributed by atoms with van der Waals surface area (Å²) < 4.78 is 2.77. The summed E-state index contributed by atoms with van der Waals surface area (Å²) in [5.41, 5.74) is 9.17. The number of imidazole rings is 1. The van der Waals surface area contributed by atoms with Gasteiger partial charge in [0.2, 0.25) is 5.91 Å². The predicted molar refractivity (Wildman–Crippen MR) is 84.4 cm³/mol. The van der Waals surface area contributed by atoms with Crippen LogP contribution in [0.5, 0.6) is 0 Å². The average Bonchev–Trinajstić information content (AvgIpc) is 2.95. The Kier molecular flexibility index (Phi) is 3.34. The molecular weight excluding hydrogens is 286 g/mol. The van der Waals surface area contributed by atoms with Gasteiger partial charge in [0.25, 0.3) is 0 Å². The molecule has 0 unspecified atom stereocenters. The highest BCUT2D eigenvalue weighted by Gasteiger charge is 2.10. The molecule has 1 amide bonds. The van der Waals surface area contributed by atoms with E-state index in [1.165, 1.54) is 11.3 Å². The molecule has 0 radical (unpaired) electrons. The van der Waals surface area contributed by atoms with Crippen LogP contribution in [0.2, 0.25) is 0 Å². The Morgan fingerprint density at radius 1 is 1.43 bits per heavy atom. The zero-order chi connectivity index (χ0) is 15.0. The van der Waals surface area contributed by atoms with Crippen molar-refractivity contribution in [3.8, 4) is 0 Å². The second-order valence-corrected chi connectivity index (χ2v) is 5.87. The number of carbonyl (C=O) groups excluding carboxylic acids is 1. The van der Waals surface area contributed by atoms with Crippen LogP contribution in [-0.2, 0) is 11.3 Å². The lowest BCUT2D eigenvalue weighted by molar-refractivity contribution is -0.116. The molecule has 0 aliphatic rings. The zero-order valence-corrected chi connectivity index (χ0v) is 12.6. The molecule has 0 spiro atoms. The number of nitrogens with two attached hydrogens (primary N) is 1. The topological polar surface area (TPSA) is 85.8 Å². The van der Waals surface area contributed by atoms with Gasteiger partial charge in [0.1, 0.15) is 6.54 Å². The minimum atomic E-state index is -0.123. The largest absolute Gasteiger partial charge is 0.399 e. The van der Waals surface area contributed by atoms with Crippen LogP contribution in [0.3, 0.4) is 0 Å². The number of hydrogen-bond donors (Lipinski definition) is 2. The van der Waals surface area contributed by atoms with Crippen molar-refractivity contribution in [3.05, 3.63) is 35.9 Å². The fourth-order valence-corrected chi connectivity index (χ4v) is 2.94. The molecule has 1 aromatic carbocycles. The lowest BCUT2D eigenvalue weighted by atomic mass is 10.3. The number of rotatable bonds is 3. The van der Waals surface area contributed by atoms with E-state index in [1.54, 1.807) is 12.4 Å². The van der Waals surface area contributed by atoms with E-state index in [9.17, 15) is 4.79 Å². The van der Waals surface area contributed by atoms with Gasteiger partial charge in [-0.25, -0.2) is 9.97 Å². The Balaban J connectivity index is 1.75. The van der Waals surface area contributed by atoms with Crippen molar-refractivity contribution in [2.24, 2.45) is 0 Å². The van der Waals surface area contributed by atoms with Gasteiger partial charge in [0.15, 0.2) is 5.13 Å². The fraction of sp³-hybridized carbons (Fsp3) is 0.214. The fourth-order valence-electron chi connectivity index (χ4n) is 2.01. The number of nitrogen functional groups attached to an aromatic ring is 1. The van der Waals surface area contributed by atoms with E-state index in [1.807, 2.05) is 30.5 Å². The molecular formula is C14H15N5OS. The second kappa shape index (κ2) is 5.17. The Bertz CT molecular complexity index is 820. The number of anilines is 2. The van der Waals surface area contributed by atoms with Gasteiger partial charge in [-0.05, 0) is 32.0 Å². The molecule has 3 aromatic rings. The third kappa shape index (κ3) is 2.73. The minimum Gasteiger partial charge on any atom is -0.399 e. The molecule has 0 fully saturated rings. The maximum absolute atomic E-state index is 12.1. The monoisotopic (exact) mass is 301 g/mol.